The lowest BCUT2D eigenvalue weighted by Gasteiger charge is -2.12. The number of benzene rings is 1. The van der Waals surface area contributed by atoms with Crippen LogP contribution < -0.4 is 15.5 Å². The highest BCUT2D eigenvalue weighted by Crippen LogP contribution is 2.18. The van der Waals surface area contributed by atoms with Gasteiger partial charge in [-0.1, -0.05) is 24.3 Å². The van der Waals surface area contributed by atoms with E-state index in [0.717, 1.165) is 28.0 Å². The Morgan fingerprint density at radius 1 is 1.11 bits per heavy atom. The molecule has 140 valence electrons. The summed E-state index contributed by atoms with van der Waals surface area (Å²) in [6.07, 6.45) is 1.81. The first-order valence-electron chi connectivity index (χ1n) is 8.72. The van der Waals surface area contributed by atoms with Gasteiger partial charge < -0.3 is 15.5 Å². The van der Waals surface area contributed by atoms with Crippen molar-refractivity contribution < 1.29 is 0 Å². The van der Waals surface area contributed by atoms with Gasteiger partial charge in [0.2, 0.25) is 0 Å². The smallest absolute Gasteiger partial charge is 0.191 e. The molecule has 0 fully saturated rings. The Morgan fingerprint density at radius 3 is 2.67 bits per heavy atom. The molecule has 2 N–H and O–H groups in total. The summed E-state index contributed by atoms with van der Waals surface area (Å²) in [5, 5.41) is 9.72. The number of nitrogens with zero attached hydrogens (tertiary/aromatic N) is 4. The second-order valence-electron chi connectivity index (χ2n) is 6.21. The summed E-state index contributed by atoms with van der Waals surface area (Å²) in [5.41, 5.74) is 4.26. The van der Waals surface area contributed by atoms with Crippen LogP contribution in [0.5, 0.6) is 0 Å². The minimum absolute atomic E-state index is 0.637. The molecule has 0 aliphatic rings. The van der Waals surface area contributed by atoms with Gasteiger partial charge in [-0.25, -0.2) is 4.98 Å². The van der Waals surface area contributed by atoms with Crippen molar-refractivity contribution in [2.24, 2.45) is 4.99 Å². The third-order valence-corrected chi connectivity index (χ3v) is 4.99. The summed E-state index contributed by atoms with van der Waals surface area (Å²) in [7, 11) is 5.76. The van der Waals surface area contributed by atoms with Crippen LogP contribution >= 0.6 is 11.3 Å². The van der Waals surface area contributed by atoms with Crippen molar-refractivity contribution >= 4 is 22.4 Å². The lowest BCUT2D eigenvalue weighted by atomic mass is 10.1. The molecule has 2 heterocycles. The predicted octanol–water partition coefficient (Wildman–Crippen LogP) is 3.14. The highest BCUT2D eigenvalue weighted by atomic mass is 32.1. The fourth-order valence-electron chi connectivity index (χ4n) is 2.54. The van der Waals surface area contributed by atoms with Crippen LogP contribution in [0.4, 0.5) is 5.13 Å². The Kier molecular flexibility index (Phi) is 6.38. The summed E-state index contributed by atoms with van der Waals surface area (Å²) in [5.74, 6) is 0.748. The van der Waals surface area contributed by atoms with Gasteiger partial charge >= 0.3 is 0 Å². The molecule has 2 aromatic heterocycles. The molecule has 3 aromatic rings. The molecule has 7 heteroatoms. The third-order valence-electron chi connectivity index (χ3n) is 3.93. The molecule has 0 atom stereocenters. The number of rotatable bonds is 6. The van der Waals surface area contributed by atoms with Crippen LogP contribution in [0.1, 0.15) is 11.3 Å². The Balaban J connectivity index is 1.56. The van der Waals surface area contributed by atoms with E-state index < -0.39 is 0 Å². The standard InChI is InChI=1S/C20H24N6S/c1-21-19(24-13-17-14-27-20(25-17)26(2)3)23-12-15-7-6-8-16(11-15)18-9-4-5-10-22-18/h4-11,14H,12-13H2,1-3H3,(H2,21,23,24). The maximum atomic E-state index is 4.57. The molecule has 1 aromatic carbocycles. The minimum atomic E-state index is 0.637. The topological polar surface area (TPSA) is 65.4 Å². The summed E-state index contributed by atoms with van der Waals surface area (Å²) >= 11 is 1.64. The van der Waals surface area contributed by atoms with Crippen LogP contribution in [0.15, 0.2) is 59.0 Å². The van der Waals surface area contributed by atoms with Crippen LogP contribution in [-0.4, -0.2) is 37.1 Å². The number of aliphatic imine (C=N–C) groups is 1. The zero-order chi connectivity index (χ0) is 19.1. The van der Waals surface area contributed by atoms with E-state index in [1.807, 2.05) is 43.4 Å². The van der Waals surface area contributed by atoms with Crippen molar-refractivity contribution in [3.05, 3.63) is 65.3 Å². The molecule has 0 aliphatic heterocycles. The highest BCUT2D eigenvalue weighted by molar-refractivity contribution is 7.13. The lowest BCUT2D eigenvalue weighted by Crippen LogP contribution is -2.36. The number of pyridine rings is 1. The average molecular weight is 381 g/mol. The van der Waals surface area contributed by atoms with Gasteiger partial charge in [-0.3, -0.25) is 9.98 Å². The van der Waals surface area contributed by atoms with E-state index in [1.165, 1.54) is 5.56 Å². The first-order chi connectivity index (χ1) is 13.2. The minimum Gasteiger partial charge on any atom is -0.354 e. The molecule has 3 rings (SSSR count). The fourth-order valence-corrected chi connectivity index (χ4v) is 3.30. The third kappa shape index (κ3) is 5.27. The normalized spacial score (nSPS) is 11.3. The van der Waals surface area contributed by atoms with Crippen molar-refractivity contribution in [3.8, 4) is 11.3 Å². The van der Waals surface area contributed by atoms with Crippen molar-refractivity contribution in [1.29, 1.82) is 0 Å². The van der Waals surface area contributed by atoms with Gasteiger partial charge in [-0.2, -0.15) is 0 Å². The summed E-state index contributed by atoms with van der Waals surface area (Å²) in [4.78, 5) is 15.3. The Bertz CT molecular complexity index is 888. The highest BCUT2D eigenvalue weighted by Gasteiger charge is 2.05. The van der Waals surface area contributed by atoms with Crippen molar-refractivity contribution in [2.75, 3.05) is 26.0 Å². The first kappa shape index (κ1) is 18.8. The summed E-state index contributed by atoms with van der Waals surface area (Å²) in [6, 6.07) is 14.3. The number of nitrogens with one attached hydrogen (secondary N) is 2. The van der Waals surface area contributed by atoms with Gasteiger partial charge in [-0.05, 0) is 23.8 Å². The molecular weight excluding hydrogens is 356 g/mol. The van der Waals surface area contributed by atoms with Gasteiger partial charge in [0.05, 0.1) is 17.9 Å². The lowest BCUT2D eigenvalue weighted by molar-refractivity contribution is 0.797. The Hall–Kier alpha value is -2.93. The number of thiazole rings is 1. The SMILES string of the molecule is CN=C(NCc1cccc(-c2ccccn2)c1)NCc1csc(N(C)C)n1. The van der Waals surface area contributed by atoms with E-state index in [9.17, 15) is 0 Å². The monoisotopic (exact) mass is 380 g/mol. The largest absolute Gasteiger partial charge is 0.354 e. The number of hydrogen-bond donors (Lipinski definition) is 2. The summed E-state index contributed by atoms with van der Waals surface area (Å²) < 4.78 is 0. The van der Waals surface area contributed by atoms with Crippen molar-refractivity contribution in [1.82, 2.24) is 20.6 Å². The van der Waals surface area contributed by atoms with E-state index in [0.29, 0.717) is 13.1 Å². The molecule has 0 unspecified atom stereocenters. The zero-order valence-corrected chi connectivity index (χ0v) is 16.6. The molecule has 0 aliphatic carbocycles. The van der Waals surface area contributed by atoms with Crippen LogP contribution in [0.25, 0.3) is 11.3 Å². The maximum absolute atomic E-state index is 4.57. The van der Waals surface area contributed by atoms with Crippen LogP contribution in [0.2, 0.25) is 0 Å². The number of guanidine groups is 1. The second kappa shape index (κ2) is 9.14. The van der Waals surface area contributed by atoms with Crippen LogP contribution in [0.3, 0.4) is 0 Å². The molecule has 6 nitrogen and oxygen atoms in total. The number of anilines is 1. The average Bonchev–Trinajstić information content (AvgIpc) is 3.18. The molecule has 0 spiro atoms. The van der Waals surface area contributed by atoms with E-state index in [2.05, 4.69) is 55.2 Å². The summed E-state index contributed by atoms with van der Waals surface area (Å²) in [6.45, 7) is 1.32. The van der Waals surface area contributed by atoms with E-state index in [1.54, 1.807) is 18.4 Å². The molecule has 0 bridgehead atoms. The molecule has 27 heavy (non-hydrogen) atoms. The first-order valence-corrected chi connectivity index (χ1v) is 9.60. The van der Waals surface area contributed by atoms with E-state index in [4.69, 9.17) is 0 Å². The molecule has 0 radical (unpaired) electrons. The van der Waals surface area contributed by atoms with Crippen LogP contribution in [0, 0.1) is 0 Å². The van der Waals surface area contributed by atoms with Crippen molar-refractivity contribution in [2.45, 2.75) is 13.1 Å². The van der Waals surface area contributed by atoms with E-state index in [-0.39, 0.29) is 0 Å². The molecule has 0 saturated carbocycles. The van der Waals surface area contributed by atoms with Gasteiger partial charge in [-0.15, -0.1) is 11.3 Å². The maximum Gasteiger partial charge on any atom is 0.191 e. The van der Waals surface area contributed by atoms with E-state index >= 15 is 0 Å². The number of aromatic nitrogens is 2. The van der Waals surface area contributed by atoms with Gasteiger partial charge in [0.1, 0.15) is 0 Å². The molecular formula is C20H24N6S. The second-order valence-corrected chi connectivity index (χ2v) is 7.05. The predicted molar refractivity (Wildman–Crippen MR) is 113 cm³/mol. The molecule has 0 saturated heterocycles. The van der Waals surface area contributed by atoms with Gasteiger partial charge in [0.15, 0.2) is 11.1 Å². The van der Waals surface area contributed by atoms with Gasteiger partial charge in [0.25, 0.3) is 0 Å². The Morgan fingerprint density at radius 2 is 1.96 bits per heavy atom. The van der Waals surface area contributed by atoms with Crippen LogP contribution in [-0.2, 0) is 13.1 Å². The van der Waals surface area contributed by atoms with Gasteiger partial charge in [0, 0.05) is 44.8 Å². The molecule has 0 amide bonds. The Labute approximate surface area is 164 Å². The fraction of sp³-hybridized carbons (Fsp3) is 0.250. The quantitative estimate of drug-likeness (QED) is 0.508. The number of hydrogen-bond acceptors (Lipinski definition) is 5. The van der Waals surface area contributed by atoms with Crippen molar-refractivity contribution in [3.63, 3.8) is 0 Å². The zero-order valence-electron chi connectivity index (χ0n) is 15.8.